The molecule has 0 radical (unpaired) electrons. The predicted octanol–water partition coefficient (Wildman–Crippen LogP) is 2.96. The standard InChI is InChI=1S/C15H17N3O/c1-3-5-9-14(15(19)4-2)18-11-17(18)13-10-7-6-8-12(13)16/h3-10,19H,1-2,11,16H2/b9-5-,15-14-. The highest BCUT2D eigenvalue weighted by atomic mass is 16.3. The van der Waals surface area contributed by atoms with E-state index in [0.717, 1.165) is 5.69 Å². The fraction of sp³-hybridized carbons (Fsp3) is 0.0667. The first-order chi connectivity index (χ1) is 9.19. The summed E-state index contributed by atoms with van der Waals surface area (Å²) in [5, 5.41) is 13.7. The molecule has 4 heteroatoms. The number of anilines is 2. The van der Waals surface area contributed by atoms with E-state index >= 15 is 0 Å². The van der Waals surface area contributed by atoms with Gasteiger partial charge >= 0.3 is 0 Å². The maximum absolute atomic E-state index is 9.87. The molecule has 1 heterocycles. The minimum atomic E-state index is 0.120. The summed E-state index contributed by atoms with van der Waals surface area (Å²) in [7, 11) is 0. The first kappa shape index (κ1) is 12.8. The zero-order chi connectivity index (χ0) is 13.8. The van der Waals surface area contributed by atoms with Crippen molar-refractivity contribution < 1.29 is 5.11 Å². The fourth-order valence-electron chi connectivity index (χ4n) is 1.80. The fourth-order valence-corrected chi connectivity index (χ4v) is 1.80. The molecule has 1 saturated heterocycles. The van der Waals surface area contributed by atoms with Crippen LogP contribution in [0.2, 0.25) is 0 Å². The van der Waals surface area contributed by atoms with Gasteiger partial charge in [0.15, 0.2) is 0 Å². The number of hydrazine groups is 1. The van der Waals surface area contributed by atoms with Crippen molar-refractivity contribution in [3.63, 3.8) is 0 Å². The van der Waals surface area contributed by atoms with Gasteiger partial charge < -0.3 is 10.8 Å². The Labute approximate surface area is 113 Å². The molecule has 1 fully saturated rings. The van der Waals surface area contributed by atoms with E-state index < -0.39 is 0 Å². The van der Waals surface area contributed by atoms with Crippen LogP contribution in [0.5, 0.6) is 0 Å². The van der Waals surface area contributed by atoms with E-state index in [9.17, 15) is 5.11 Å². The van der Waals surface area contributed by atoms with Crippen LogP contribution in [-0.2, 0) is 0 Å². The van der Waals surface area contributed by atoms with E-state index in [1.807, 2.05) is 34.3 Å². The van der Waals surface area contributed by atoms with Crippen LogP contribution in [0, 0.1) is 0 Å². The molecule has 0 atom stereocenters. The number of aliphatic hydroxyl groups excluding tert-OH is 1. The van der Waals surface area contributed by atoms with E-state index in [0.29, 0.717) is 18.1 Å². The van der Waals surface area contributed by atoms with Gasteiger partial charge in [-0.1, -0.05) is 37.4 Å². The van der Waals surface area contributed by atoms with Crippen molar-refractivity contribution in [1.82, 2.24) is 5.01 Å². The minimum Gasteiger partial charge on any atom is -0.506 e. The quantitative estimate of drug-likeness (QED) is 0.367. The second-order valence-corrected chi connectivity index (χ2v) is 4.07. The topological polar surface area (TPSA) is 52.3 Å². The average Bonchev–Trinajstić information content (AvgIpc) is 3.19. The van der Waals surface area contributed by atoms with Crippen molar-refractivity contribution in [3.8, 4) is 0 Å². The Balaban J connectivity index is 2.25. The number of benzene rings is 1. The number of para-hydroxylation sites is 2. The molecule has 0 amide bonds. The predicted molar refractivity (Wildman–Crippen MR) is 79.2 cm³/mol. The summed E-state index contributed by atoms with van der Waals surface area (Å²) in [6.45, 7) is 7.87. The molecular formula is C15H17N3O. The smallest absolute Gasteiger partial charge is 0.140 e. The summed E-state index contributed by atoms with van der Waals surface area (Å²) in [4.78, 5) is 0. The SMILES string of the molecule is C=C/C=C\C(=C(\O)C=C)N1CN1c1ccccc1N. The Morgan fingerprint density at radius 3 is 2.68 bits per heavy atom. The molecule has 1 aliphatic rings. The Morgan fingerprint density at radius 1 is 1.32 bits per heavy atom. The first-order valence-electron chi connectivity index (χ1n) is 5.93. The molecule has 0 aliphatic carbocycles. The monoisotopic (exact) mass is 255 g/mol. The Hall–Kier alpha value is -2.62. The van der Waals surface area contributed by atoms with E-state index in [1.54, 1.807) is 18.2 Å². The van der Waals surface area contributed by atoms with Crippen LogP contribution in [-0.4, -0.2) is 16.8 Å². The van der Waals surface area contributed by atoms with Crippen LogP contribution >= 0.6 is 0 Å². The van der Waals surface area contributed by atoms with Crippen molar-refractivity contribution in [1.29, 1.82) is 0 Å². The molecule has 2 rings (SSSR count). The second kappa shape index (κ2) is 5.35. The van der Waals surface area contributed by atoms with Crippen LogP contribution in [0.1, 0.15) is 0 Å². The van der Waals surface area contributed by atoms with Gasteiger partial charge in [-0.3, -0.25) is 10.0 Å². The van der Waals surface area contributed by atoms with Crippen LogP contribution in [0.15, 0.2) is 73.2 Å². The van der Waals surface area contributed by atoms with Gasteiger partial charge in [0, 0.05) is 0 Å². The lowest BCUT2D eigenvalue weighted by Gasteiger charge is -2.11. The summed E-state index contributed by atoms with van der Waals surface area (Å²) < 4.78 is 0. The first-order valence-corrected chi connectivity index (χ1v) is 5.93. The molecule has 0 spiro atoms. The molecule has 0 unspecified atom stereocenters. The van der Waals surface area contributed by atoms with Crippen molar-refractivity contribution in [2.75, 3.05) is 17.4 Å². The number of nitrogens with zero attached hydrogens (tertiary/aromatic N) is 2. The minimum absolute atomic E-state index is 0.120. The Morgan fingerprint density at radius 2 is 2.05 bits per heavy atom. The maximum atomic E-state index is 9.87. The number of nitrogens with two attached hydrogens (primary N) is 1. The van der Waals surface area contributed by atoms with Crippen molar-refractivity contribution in [2.45, 2.75) is 0 Å². The van der Waals surface area contributed by atoms with Gasteiger partial charge in [-0.2, -0.15) is 0 Å². The lowest BCUT2D eigenvalue weighted by atomic mass is 10.3. The van der Waals surface area contributed by atoms with Crippen LogP contribution in [0.25, 0.3) is 0 Å². The molecule has 3 N–H and O–H groups in total. The van der Waals surface area contributed by atoms with Gasteiger partial charge in [-0.25, -0.2) is 0 Å². The van der Waals surface area contributed by atoms with Gasteiger partial charge in [0.25, 0.3) is 0 Å². The van der Waals surface area contributed by atoms with E-state index in [-0.39, 0.29) is 5.76 Å². The van der Waals surface area contributed by atoms with Gasteiger partial charge in [0.1, 0.15) is 18.1 Å². The molecule has 0 saturated carbocycles. The molecule has 1 aromatic rings. The van der Waals surface area contributed by atoms with Gasteiger partial charge in [0.05, 0.1) is 11.4 Å². The largest absolute Gasteiger partial charge is 0.506 e. The number of aliphatic hydroxyl groups is 1. The normalized spacial score (nSPS) is 15.4. The van der Waals surface area contributed by atoms with Crippen LogP contribution < -0.4 is 10.7 Å². The molecule has 98 valence electrons. The lowest BCUT2D eigenvalue weighted by molar-refractivity contribution is 0.413. The van der Waals surface area contributed by atoms with Crippen molar-refractivity contribution in [3.05, 3.63) is 73.2 Å². The third-order valence-corrected chi connectivity index (χ3v) is 2.81. The maximum Gasteiger partial charge on any atom is 0.140 e. The number of rotatable bonds is 5. The van der Waals surface area contributed by atoms with Crippen molar-refractivity contribution >= 4 is 11.4 Å². The number of nitrogen functional groups attached to an aromatic ring is 1. The van der Waals surface area contributed by atoms with Gasteiger partial charge in [-0.15, -0.1) is 0 Å². The third kappa shape index (κ3) is 2.63. The van der Waals surface area contributed by atoms with Crippen LogP contribution in [0.3, 0.4) is 0 Å². The van der Waals surface area contributed by atoms with E-state index in [2.05, 4.69) is 13.2 Å². The summed E-state index contributed by atoms with van der Waals surface area (Å²) in [5.74, 6) is 0.120. The highest BCUT2D eigenvalue weighted by Gasteiger charge is 2.35. The summed E-state index contributed by atoms with van der Waals surface area (Å²) in [6.07, 6.45) is 6.61. The zero-order valence-electron chi connectivity index (χ0n) is 10.7. The highest BCUT2D eigenvalue weighted by molar-refractivity contribution is 5.69. The summed E-state index contributed by atoms with van der Waals surface area (Å²) >= 11 is 0. The van der Waals surface area contributed by atoms with Crippen molar-refractivity contribution in [2.24, 2.45) is 0 Å². The molecule has 1 aliphatic heterocycles. The molecule has 1 aromatic carbocycles. The number of allylic oxidation sites excluding steroid dienone is 4. The van der Waals surface area contributed by atoms with E-state index in [1.165, 1.54) is 6.08 Å². The number of hydrogen-bond donors (Lipinski definition) is 2. The van der Waals surface area contributed by atoms with E-state index in [4.69, 9.17) is 5.73 Å². The van der Waals surface area contributed by atoms with Crippen LogP contribution in [0.4, 0.5) is 11.4 Å². The molecule has 19 heavy (non-hydrogen) atoms. The second-order valence-electron chi connectivity index (χ2n) is 4.07. The molecule has 0 aromatic heterocycles. The Bertz CT molecular complexity index is 560. The Kier molecular flexibility index (Phi) is 3.61. The number of hydrogen-bond acceptors (Lipinski definition) is 4. The zero-order valence-corrected chi connectivity index (χ0v) is 10.7. The average molecular weight is 255 g/mol. The lowest BCUT2D eigenvalue weighted by Crippen LogP contribution is -2.08. The molecule has 4 nitrogen and oxygen atoms in total. The summed E-state index contributed by atoms with van der Waals surface area (Å²) in [5.41, 5.74) is 8.22. The third-order valence-electron chi connectivity index (χ3n) is 2.81. The van der Waals surface area contributed by atoms with Gasteiger partial charge in [-0.05, 0) is 24.3 Å². The molecule has 0 bridgehead atoms. The van der Waals surface area contributed by atoms with Gasteiger partial charge in [0.2, 0.25) is 0 Å². The summed E-state index contributed by atoms with van der Waals surface area (Å²) in [6, 6.07) is 7.61. The highest BCUT2D eigenvalue weighted by Crippen LogP contribution is 2.35. The molecular weight excluding hydrogens is 238 g/mol.